The van der Waals surface area contributed by atoms with Crippen LogP contribution in [0.25, 0.3) is 0 Å². The van der Waals surface area contributed by atoms with E-state index in [4.69, 9.17) is 4.74 Å². The minimum absolute atomic E-state index is 0.401. The summed E-state index contributed by atoms with van der Waals surface area (Å²) in [6, 6.07) is 0.525. The van der Waals surface area contributed by atoms with Gasteiger partial charge in [0.25, 0.3) is 0 Å². The highest BCUT2D eigenvalue weighted by molar-refractivity contribution is 4.90. The maximum atomic E-state index is 5.27. The average molecular weight is 256 g/mol. The van der Waals surface area contributed by atoms with Gasteiger partial charge in [-0.25, -0.2) is 0 Å². The van der Waals surface area contributed by atoms with Crippen LogP contribution in [-0.2, 0) is 4.74 Å². The van der Waals surface area contributed by atoms with Gasteiger partial charge in [-0.05, 0) is 39.8 Å². The van der Waals surface area contributed by atoms with Crippen LogP contribution in [0.2, 0.25) is 0 Å². The van der Waals surface area contributed by atoms with Gasteiger partial charge in [-0.3, -0.25) is 4.90 Å². The van der Waals surface area contributed by atoms with Gasteiger partial charge < -0.3 is 10.1 Å². The van der Waals surface area contributed by atoms with Crippen molar-refractivity contribution in [3.8, 4) is 0 Å². The third-order valence-electron chi connectivity index (χ3n) is 4.66. The van der Waals surface area contributed by atoms with Crippen molar-refractivity contribution in [2.24, 2.45) is 0 Å². The summed E-state index contributed by atoms with van der Waals surface area (Å²) < 4.78 is 5.27. The zero-order valence-corrected chi connectivity index (χ0v) is 12.8. The van der Waals surface area contributed by atoms with E-state index in [1.165, 1.54) is 45.1 Å². The number of hydrogen-bond donors (Lipinski definition) is 1. The van der Waals surface area contributed by atoms with Gasteiger partial charge >= 0.3 is 0 Å². The van der Waals surface area contributed by atoms with Gasteiger partial charge in [0.15, 0.2) is 0 Å². The Labute approximate surface area is 113 Å². The first-order chi connectivity index (χ1) is 8.67. The SMILES string of the molecule is CCN(CCC1(NC)CCCCC1)C(C)COC. The van der Waals surface area contributed by atoms with Crippen LogP contribution in [-0.4, -0.2) is 50.3 Å². The second-order valence-electron chi connectivity index (χ2n) is 5.77. The quantitative estimate of drug-likeness (QED) is 0.722. The van der Waals surface area contributed by atoms with Gasteiger partial charge in [0, 0.05) is 25.2 Å². The van der Waals surface area contributed by atoms with Crippen molar-refractivity contribution in [2.75, 3.05) is 33.9 Å². The van der Waals surface area contributed by atoms with Crippen LogP contribution in [0.4, 0.5) is 0 Å². The second-order valence-corrected chi connectivity index (χ2v) is 5.77. The Morgan fingerprint density at radius 3 is 2.44 bits per heavy atom. The molecule has 1 unspecified atom stereocenters. The zero-order chi connectivity index (χ0) is 13.4. The lowest BCUT2D eigenvalue weighted by atomic mass is 9.79. The highest BCUT2D eigenvalue weighted by Gasteiger charge is 2.30. The van der Waals surface area contributed by atoms with E-state index in [1.807, 2.05) is 0 Å². The topological polar surface area (TPSA) is 24.5 Å². The molecule has 0 spiro atoms. The van der Waals surface area contributed by atoms with Crippen LogP contribution in [0.3, 0.4) is 0 Å². The number of rotatable bonds is 8. The standard InChI is InChI=1S/C15H32N2O/c1-5-17(14(2)13-18-4)12-11-15(16-3)9-7-6-8-10-15/h14,16H,5-13H2,1-4H3. The summed E-state index contributed by atoms with van der Waals surface area (Å²) in [4.78, 5) is 2.54. The minimum atomic E-state index is 0.401. The van der Waals surface area contributed by atoms with E-state index in [0.717, 1.165) is 13.2 Å². The molecule has 1 aliphatic carbocycles. The molecule has 108 valence electrons. The molecule has 18 heavy (non-hydrogen) atoms. The molecule has 0 amide bonds. The van der Waals surface area contributed by atoms with Crippen LogP contribution in [0, 0.1) is 0 Å². The van der Waals surface area contributed by atoms with Crippen LogP contribution in [0.15, 0.2) is 0 Å². The molecule has 0 aliphatic heterocycles. The van der Waals surface area contributed by atoms with E-state index in [-0.39, 0.29) is 0 Å². The minimum Gasteiger partial charge on any atom is -0.383 e. The van der Waals surface area contributed by atoms with E-state index >= 15 is 0 Å². The number of hydrogen-bond acceptors (Lipinski definition) is 3. The molecule has 0 bridgehead atoms. The number of likely N-dealkylation sites (N-methyl/N-ethyl adjacent to an activating group) is 1. The van der Waals surface area contributed by atoms with Crippen LogP contribution in [0.5, 0.6) is 0 Å². The monoisotopic (exact) mass is 256 g/mol. The third-order valence-corrected chi connectivity index (χ3v) is 4.66. The highest BCUT2D eigenvalue weighted by atomic mass is 16.5. The smallest absolute Gasteiger partial charge is 0.0615 e. The van der Waals surface area contributed by atoms with Crippen LogP contribution in [0.1, 0.15) is 52.4 Å². The van der Waals surface area contributed by atoms with Gasteiger partial charge in [0.05, 0.1) is 6.61 Å². The van der Waals surface area contributed by atoms with Crippen molar-refractivity contribution >= 4 is 0 Å². The van der Waals surface area contributed by atoms with Crippen molar-refractivity contribution < 1.29 is 4.74 Å². The molecule has 1 fully saturated rings. The lowest BCUT2D eigenvalue weighted by molar-refractivity contribution is 0.0904. The molecule has 1 atom stereocenters. The molecule has 0 aromatic carbocycles. The van der Waals surface area contributed by atoms with Gasteiger partial charge in [0.2, 0.25) is 0 Å². The summed E-state index contributed by atoms with van der Waals surface area (Å²) in [7, 11) is 3.93. The molecule has 0 saturated heterocycles. The Morgan fingerprint density at radius 2 is 1.94 bits per heavy atom. The summed E-state index contributed by atoms with van der Waals surface area (Å²) in [5, 5.41) is 3.61. The molecule has 3 nitrogen and oxygen atoms in total. The zero-order valence-electron chi connectivity index (χ0n) is 12.8. The normalized spacial score (nSPS) is 21.2. The van der Waals surface area contributed by atoms with Crippen molar-refractivity contribution in [3.05, 3.63) is 0 Å². The maximum Gasteiger partial charge on any atom is 0.0615 e. The molecule has 1 saturated carbocycles. The summed E-state index contributed by atoms with van der Waals surface area (Å²) in [5.74, 6) is 0. The molecule has 0 aromatic rings. The summed E-state index contributed by atoms with van der Waals surface area (Å²) in [6.07, 6.45) is 8.16. The third kappa shape index (κ3) is 4.52. The van der Waals surface area contributed by atoms with Gasteiger partial charge in [0.1, 0.15) is 0 Å². The predicted molar refractivity (Wildman–Crippen MR) is 78.1 cm³/mol. The number of ether oxygens (including phenoxy) is 1. The predicted octanol–water partition coefficient (Wildman–Crippen LogP) is 2.66. The average Bonchev–Trinajstić information content (AvgIpc) is 2.41. The first-order valence-corrected chi connectivity index (χ1v) is 7.59. The van der Waals surface area contributed by atoms with Crippen molar-refractivity contribution in [1.82, 2.24) is 10.2 Å². The Kier molecular flexibility index (Phi) is 7.20. The molecule has 1 aliphatic rings. The van der Waals surface area contributed by atoms with Crippen molar-refractivity contribution in [1.29, 1.82) is 0 Å². The van der Waals surface area contributed by atoms with Crippen molar-refractivity contribution in [3.63, 3.8) is 0 Å². The van der Waals surface area contributed by atoms with E-state index in [2.05, 4.69) is 31.1 Å². The van der Waals surface area contributed by atoms with Crippen LogP contribution >= 0.6 is 0 Å². The Balaban J connectivity index is 2.44. The number of nitrogens with one attached hydrogen (secondary N) is 1. The lowest BCUT2D eigenvalue weighted by Gasteiger charge is -2.39. The summed E-state index contributed by atoms with van der Waals surface area (Å²) in [5.41, 5.74) is 0.401. The Morgan fingerprint density at radius 1 is 1.28 bits per heavy atom. The number of methoxy groups -OCH3 is 1. The van der Waals surface area contributed by atoms with Crippen LogP contribution < -0.4 is 5.32 Å². The Bertz CT molecular complexity index is 215. The fraction of sp³-hybridized carbons (Fsp3) is 1.00. The first kappa shape index (κ1) is 15.9. The van der Waals surface area contributed by atoms with Crippen molar-refractivity contribution in [2.45, 2.75) is 64.0 Å². The molecule has 0 radical (unpaired) electrons. The van der Waals surface area contributed by atoms with E-state index < -0.39 is 0 Å². The first-order valence-electron chi connectivity index (χ1n) is 7.59. The van der Waals surface area contributed by atoms with Gasteiger partial charge in [-0.2, -0.15) is 0 Å². The van der Waals surface area contributed by atoms with E-state index in [0.29, 0.717) is 11.6 Å². The molecule has 1 rings (SSSR count). The molecular weight excluding hydrogens is 224 g/mol. The summed E-state index contributed by atoms with van der Waals surface area (Å²) >= 11 is 0. The Hall–Kier alpha value is -0.120. The van der Waals surface area contributed by atoms with E-state index in [9.17, 15) is 0 Å². The molecule has 3 heteroatoms. The number of nitrogens with zero attached hydrogens (tertiary/aromatic N) is 1. The fourth-order valence-electron chi connectivity index (χ4n) is 3.25. The molecule has 0 heterocycles. The maximum absolute atomic E-state index is 5.27. The fourth-order valence-corrected chi connectivity index (χ4v) is 3.25. The highest BCUT2D eigenvalue weighted by Crippen LogP contribution is 2.31. The van der Waals surface area contributed by atoms with E-state index in [1.54, 1.807) is 7.11 Å². The molecular formula is C15H32N2O. The lowest BCUT2D eigenvalue weighted by Crippen LogP contribution is -2.48. The van der Waals surface area contributed by atoms with Gasteiger partial charge in [-0.15, -0.1) is 0 Å². The largest absolute Gasteiger partial charge is 0.383 e. The molecule has 0 aromatic heterocycles. The summed E-state index contributed by atoms with van der Waals surface area (Å²) in [6.45, 7) is 7.64. The molecule has 1 N–H and O–H groups in total. The van der Waals surface area contributed by atoms with Gasteiger partial charge in [-0.1, -0.05) is 26.2 Å². The second kappa shape index (κ2) is 8.13.